The second-order valence-electron chi connectivity index (χ2n) is 4.29. The summed E-state index contributed by atoms with van der Waals surface area (Å²) in [4.78, 5) is 11.0. The minimum Gasteiger partial charge on any atom is -0.393 e. The molecule has 3 nitrogen and oxygen atoms in total. The monoisotopic (exact) mass is 195 g/mol. The van der Waals surface area contributed by atoms with Gasteiger partial charge in [0.1, 0.15) is 0 Å². The standard InChI is InChI=1S/C11H17NO2/c13-10-4-1-8(2-5-10)12-9-3-6-11(14)7-9/h7-8,10,12-13H,1-6H2. The molecule has 0 aromatic heterocycles. The molecule has 0 aromatic carbocycles. The normalized spacial score (nSPS) is 32.9. The smallest absolute Gasteiger partial charge is 0.157 e. The molecule has 0 aliphatic heterocycles. The van der Waals surface area contributed by atoms with Gasteiger partial charge < -0.3 is 10.4 Å². The van der Waals surface area contributed by atoms with E-state index in [1.54, 1.807) is 6.08 Å². The third-order valence-corrected chi connectivity index (χ3v) is 3.06. The summed E-state index contributed by atoms with van der Waals surface area (Å²) in [6, 6.07) is 0.468. The maximum absolute atomic E-state index is 11.0. The van der Waals surface area contributed by atoms with Gasteiger partial charge in [0.2, 0.25) is 0 Å². The molecule has 0 aromatic rings. The molecule has 14 heavy (non-hydrogen) atoms. The van der Waals surface area contributed by atoms with E-state index in [0.29, 0.717) is 12.5 Å². The molecular weight excluding hydrogens is 178 g/mol. The maximum atomic E-state index is 11.0. The predicted octanol–water partition coefficient (Wildman–Crippen LogP) is 1.13. The van der Waals surface area contributed by atoms with Crippen LogP contribution in [0, 0.1) is 0 Å². The van der Waals surface area contributed by atoms with Crippen LogP contribution in [0.1, 0.15) is 38.5 Å². The van der Waals surface area contributed by atoms with Gasteiger partial charge in [-0.2, -0.15) is 0 Å². The summed E-state index contributed by atoms with van der Waals surface area (Å²) in [7, 11) is 0. The third kappa shape index (κ3) is 2.35. The van der Waals surface area contributed by atoms with Crippen LogP contribution in [0.3, 0.4) is 0 Å². The number of hydrogen-bond acceptors (Lipinski definition) is 3. The second-order valence-corrected chi connectivity index (χ2v) is 4.29. The van der Waals surface area contributed by atoms with E-state index in [1.807, 2.05) is 0 Å². The van der Waals surface area contributed by atoms with E-state index in [4.69, 9.17) is 0 Å². The highest BCUT2D eigenvalue weighted by atomic mass is 16.3. The van der Waals surface area contributed by atoms with Crippen molar-refractivity contribution in [2.75, 3.05) is 0 Å². The van der Waals surface area contributed by atoms with Crippen molar-refractivity contribution in [1.82, 2.24) is 5.32 Å². The van der Waals surface area contributed by atoms with Crippen molar-refractivity contribution < 1.29 is 9.90 Å². The summed E-state index contributed by atoms with van der Waals surface area (Å²) in [6.07, 6.45) is 6.98. The molecule has 2 aliphatic rings. The Balaban J connectivity index is 1.81. The van der Waals surface area contributed by atoms with E-state index in [2.05, 4.69) is 5.32 Å². The topological polar surface area (TPSA) is 49.3 Å². The van der Waals surface area contributed by atoms with Crippen LogP contribution in [0.25, 0.3) is 0 Å². The fourth-order valence-corrected chi connectivity index (χ4v) is 2.19. The summed E-state index contributed by atoms with van der Waals surface area (Å²) in [5.74, 6) is 0.239. The van der Waals surface area contributed by atoms with Gasteiger partial charge in [-0.3, -0.25) is 4.79 Å². The second kappa shape index (κ2) is 4.13. The molecule has 0 atom stereocenters. The molecule has 0 spiro atoms. The Labute approximate surface area is 84.2 Å². The van der Waals surface area contributed by atoms with Crippen LogP contribution in [0.4, 0.5) is 0 Å². The number of aliphatic hydroxyl groups is 1. The minimum atomic E-state index is -0.104. The van der Waals surface area contributed by atoms with E-state index < -0.39 is 0 Å². The van der Waals surface area contributed by atoms with Gasteiger partial charge in [0.25, 0.3) is 0 Å². The largest absolute Gasteiger partial charge is 0.393 e. The molecule has 3 heteroatoms. The molecule has 1 saturated carbocycles. The molecule has 0 amide bonds. The lowest BCUT2D eigenvalue weighted by atomic mass is 9.93. The van der Waals surface area contributed by atoms with Crippen molar-refractivity contribution in [3.63, 3.8) is 0 Å². The first-order valence-corrected chi connectivity index (χ1v) is 5.42. The highest BCUT2D eigenvalue weighted by molar-refractivity contribution is 5.92. The Hall–Kier alpha value is -0.830. The average molecular weight is 195 g/mol. The van der Waals surface area contributed by atoms with Gasteiger partial charge in [0.15, 0.2) is 5.78 Å². The van der Waals surface area contributed by atoms with Crippen LogP contribution in [-0.4, -0.2) is 23.0 Å². The van der Waals surface area contributed by atoms with Crippen LogP contribution in [-0.2, 0) is 4.79 Å². The quantitative estimate of drug-likeness (QED) is 0.694. The predicted molar refractivity (Wildman–Crippen MR) is 53.7 cm³/mol. The fraction of sp³-hybridized carbons (Fsp3) is 0.727. The van der Waals surface area contributed by atoms with Crippen molar-refractivity contribution in [3.05, 3.63) is 11.8 Å². The number of ketones is 1. The van der Waals surface area contributed by atoms with Gasteiger partial charge in [0, 0.05) is 24.2 Å². The van der Waals surface area contributed by atoms with Gasteiger partial charge >= 0.3 is 0 Å². The maximum Gasteiger partial charge on any atom is 0.157 e. The summed E-state index contributed by atoms with van der Waals surface area (Å²) in [5.41, 5.74) is 1.09. The number of rotatable bonds is 2. The number of carbonyl (C=O) groups excluding carboxylic acids is 1. The molecule has 2 rings (SSSR count). The first-order chi connectivity index (χ1) is 6.74. The highest BCUT2D eigenvalue weighted by Gasteiger charge is 2.21. The zero-order valence-electron chi connectivity index (χ0n) is 8.33. The molecule has 2 N–H and O–H groups in total. The Kier molecular flexibility index (Phi) is 2.87. The van der Waals surface area contributed by atoms with Crippen molar-refractivity contribution in [2.45, 2.75) is 50.7 Å². The van der Waals surface area contributed by atoms with Crippen molar-refractivity contribution in [3.8, 4) is 0 Å². The lowest BCUT2D eigenvalue weighted by molar-refractivity contribution is -0.114. The van der Waals surface area contributed by atoms with Gasteiger partial charge in [-0.1, -0.05) is 0 Å². The Bertz CT molecular complexity index is 252. The Morgan fingerprint density at radius 3 is 2.50 bits per heavy atom. The van der Waals surface area contributed by atoms with E-state index in [9.17, 15) is 9.90 Å². The number of allylic oxidation sites excluding steroid dienone is 2. The zero-order chi connectivity index (χ0) is 9.97. The van der Waals surface area contributed by atoms with Crippen LogP contribution in [0.2, 0.25) is 0 Å². The summed E-state index contributed by atoms with van der Waals surface area (Å²) in [6.45, 7) is 0. The van der Waals surface area contributed by atoms with Gasteiger partial charge in [-0.05, 0) is 32.1 Å². The third-order valence-electron chi connectivity index (χ3n) is 3.06. The first kappa shape index (κ1) is 9.71. The fourth-order valence-electron chi connectivity index (χ4n) is 2.19. The molecule has 0 unspecified atom stereocenters. The average Bonchev–Trinajstić information content (AvgIpc) is 2.56. The van der Waals surface area contributed by atoms with Crippen LogP contribution >= 0.6 is 0 Å². The van der Waals surface area contributed by atoms with Crippen LogP contribution < -0.4 is 5.32 Å². The molecule has 1 fully saturated rings. The molecule has 78 valence electrons. The minimum absolute atomic E-state index is 0.104. The lowest BCUT2D eigenvalue weighted by Crippen LogP contribution is -2.33. The molecule has 0 bridgehead atoms. The summed E-state index contributed by atoms with van der Waals surface area (Å²) in [5, 5.41) is 12.7. The van der Waals surface area contributed by atoms with E-state index in [-0.39, 0.29) is 11.9 Å². The molecule has 0 radical (unpaired) electrons. The van der Waals surface area contributed by atoms with E-state index >= 15 is 0 Å². The zero-order valence-corrected chi connectivity index (χ0v) is 8.33. The van der Waals surface area contributed by atoms with Gasteiger partial charge in [0.05, 0.1) is 6.10 Å². The number of aliphatic hydroxyl groups excluding tert-OH is 1. The first-order valence-electron chi connectivity index (χ1n) is 5.42. The van der Waals surface area contributed by atoms with Crippen LogP contribution in [0.5, 0.6) is 0 Å². The molecular formula is C11H17NO2. The Morgan fingerprint density at radius 1 is 1.21 bits per heavy atom. The number of carbonyl (C=O) groups is 1. The molecule has 0 heterocycles. The van der Waals surface area contributed by atoms with Gasteiger partial charge in [-0.25, -0.2) is 0 Å². The lowest BCUT2D eigenvalue weighted by Gasteiger charge is -2.27. The van der Waals surface area contributed by atoms with Crippen molar-refractivity contribution >= 4 is 5.78 Å². The molecule has 2 aliphatic carbocycles. The van der Waals surface area contributed by atoms with Crippen LogP contribution in [0.15, 0.2) is 11.8 Å². The van der Waals surface area contributed by atoms with Gasteiger partial charge in [-0.15, -0.1) is 0 Å². The highest BCUT2D eigenvalue weighted by Crippen LogP contribution is 2.21. The van der Waals surface area contributed by atoms with Crippen molar-refractivity contribution in [2.24, 2.45) is 0 Å². The van der Waals surface area contributed by atoms with Crippen molar-refractivity contribution in [1.29, 1.82) is 0 Å². The SMILES string of the molecule is O=C1C=C(NC2CCC(O)CC2)CC1. The summed E-state index contributed by atoms with van der Waals surface area (Å²) < 4.78 is 0. The van der Waals surface area contributed by atoms with E-state index in [1.165, 1.54) is 0 Å². The molecule has 0 saturated heterocycles. The summed E-state index contributed by atoms with van der Waals surface area (Å²) >= 11 is 0. The number of hydrogen-bond donors (Lipinski definition) is 2. The van der Waals surface area contributed by atoms with E-state index in [0.717, 1.165) is 37.8 Å². The number of nitrogens with one attached hydrogen (secondary N) is 1. The Morgan fingerprint density at radius 2 is 1.93 bits per heavy atom.